The zero-order chi connectivity index (χ0) is 12.6. The second kappa shape index (κ2) is 4.31. The Kier molecular flexibility index (Phi) is 3.14. The molecule has 0 bridgehead atoms. The van der Waals surface area contributed by atoms with E-state index in [0.717, 1.165) is 16.8 Å². The summed E-state index contributed by atoms with van der Waals surface area (Å²) in [6.45, 7) is 4.67. The maximum Gasteiger partial charge on any atom is 0.239 e. The van der Waals surface area contributed by atoms with Gasteiger partial charge in [0.15, 0.2) is 0 Å². The summed E-state index contributed by atoms with van der Waals surface area (Å²) in [5, 5.41) is -0.428. The molecule has 94 valence electrons. The Hall–Kier alpha value is -1.07. The van der Waals surface area contributed by atoms with Crippen LogP contribution >= 0.6 is 0 Å². The zero-order valence-corrected chi connectivity index (χ0v) is 11.0. The first-order valence-electron chi connectivity index (χ1n) is 5.75. The summed E-state index contributed by atoms with van der Waals surface area (Å²) in [5.41, 5.74) is 8.42. The molecule has 1 atom stereocenters. The number of hydrogen-bond acceptors (Lipinski definition) is 3. The van der Waals surface area contributed by atoms with E-state index < -0.39 is 15.3 Å². The predicted octanol–water partition coefficient (Wildman–Crippen LogP) is 1.17. The lowest BCUT2D eigenvalue weighted by Gasteiger charge is -2.21. The average Bonchev–Trinajstić information content (AvgIpc) is 2.54. The van der Waals surface area contributed by atoms with E-state index in [2.05, 4.69) is 0 Å². The number of aryl methyl sites for hydroxylation is 2. The molecule has 1 unspecified atom stereocenters. The average molecular weight is 254 g/mol. The number of anilines is 1. The lowest BCUT2D eigenvalue weighted by molar-refractivity contribution is 0.588. The van der Waals surface area contributed by atoms with Gasteiger partial charge in [-0.05, 0) is 31.9 Å². The van der Waals surface area contributed by atoms with E-state index in [9.17, 15) is 8.42 Å². The highest BCUT2D eigenvalue weighted by molar-refractivity contribution is 7.93. The maximum atomic E-state index is 12.2. The van der Waals surface area contributed by atoms with Gasteiger partial charge in [-0.2, -0.15) is 0 Å². The van der Waals surface area contributed by atoms with E-state index in [1.54, 1.807) is 0 Å². The highest BCUT2D eigenvalue weighted by Gasteiger charge is 2.38. The molecule has 4 nitrogen and oxygen atoms in total. The largest absolute Gasteiger partial charge is 0.329 e. The van der Waals surface area contributed by atoms with E-state index in [-0.39, 0.29) is 6.54 Å². The Morgan fingerprint density at radius 1 is 1.41 bits per heavy atom. The number of benzene rings is 1. The number of sulfonamides is 1. The van der Waals surface area contributed by atoms with Crippen molar-refractivity contribution in [3.8, 4) is 0 Å². The molecule has 1 saturated heterocycles. The lowest BCUT2D eigenvalue weighted by Crippen LogP contribution is -2.33. The fourth-order valence-corrected chi connectivity index (χ4v) is 4.14. The van der Waals surface area contributed by atoms with Crippen LogP contribution < -0.4 is 10.0 Å². The summed E-state index contributed by atoms with van der Waals surface area (Å²) in [6.07, 6.45) is 0.617. The predicted molar refractivity (Wildman–Crippen MR) is 69.6 cm³/mol. The zero-order valence-electron chi connectivity index (χ0n) is 10.2. The Morgan fingerprint density at radius 3 is 2.65 bits per heavy atom. The van der Waals surface area contributed by atoms with Crippen molar-refractivity contribution in [1.82, 2.24) is 0 Å². The summed E-state index contributed by atoms with van der Waals surface area (Å²) in [7, 11) is -3.26. The van der Waals surface area contributed by atoms with E-state index >= 15 is 0 Å². The number of nitrogens with two attached hydrogens (primary N) is 1. The van der Waals surface area contributed by atoms with Gasteiger partial charge in [-0.15, -0.1) is 0 Å². The van der Waals surface area contributed by atoms with Gasteiger partial charge in [0.05, 0.1) is 10.9 Å². The molecule has 1 heterocycles. The van der Waals surface area contributed by atoms with E-state index in [1.807, 2.05) is 32.0 Å². The number of nitrogens with zero attached hydrogens (tertiary/aromatic N) is 1. The van der Waals surface area contributed by atoms with E-state index in [4.69, 9.17) is 5.73 Å². The third-order valence-corrected chi connectivity index (χ3v) is 5.53. The van der Waals surface area contributed by atoms with Gasteiger partial charge in [0, 0.05) is 13.1 Å². The highest BCUT2D eigenvalue weighted by Crippen LogP contribution is 2.30. The van der Waals surface area contributed by atoms with Crippen molar-refractivity contribution < 1.29 is 8.42 Å². The molecule has 17 heavy (non-hydrogen) atoms. The van der Waals surface area contributed by atoms with Gasteiger partial charge in [-0.3, -0.25) is 4.31 Å². The summed E-state index contributed by atoms with van der Waals surface area (Å²) >= 11 is 0. The van der Waals surface area contributed by atoms with Crippen LogP contribution in [0.3, 0.4) is 0 Å². The molecule has 1 aromatic rings. The molecule has 0 aromatic heterocycles. The summed E-state index contributed by atoms with van der Waals surface area (Å²) in [5.74, 6) is 0. The molecular weight excluding hydrogens is 236 g/mol. The van der Waals surface area contributed by atoms with Crippen molar-refractivity contribution in [2.75, 3.05) is 17.4 Å². The van der Waals surface area contributed by atoms with Crippen LogP contribution in [0.15, 0.2) is 18.2 Å². The number of hydrogen-bond donors (Lipinski definition) is 1. The second-order valence-corrected chi connectivity index (χ2v) is 6.69. The Bertz CT molecular complexity index is 525. The van der Waals surface area contributed by atoms with Gasteiger partial charge in [-0.25, -0.2) is 8.42 Å². The first kappa shape index (κ1) is 12.4. The van der Waals surface area contributed by atoms with Crippen LogP contribution in [0.25, 0.3) is 0 Å². The molecule has 2 rings (SSSR count). The van der Waals surface area contributed by atoms with E-state index in [1.165, 1.54) is 4.31 Å². The molecule has 1 fully saturated rings. The molecule has 0 spiro atoms. The summed E-state index contributed by atoms with van der Waals surface area (Å²) in [4.78, 5) is 0. The smallest absolute Gasteiger partial charge is 0.239 e. The maximum absolute atomic E-state index is 12.2. The van der Waals surface area contributed by atoms with Crippen LogP contribution in [-0.2, 0) is 10.0 Å². The minimum Gasteiger partial charge on any atom is -0.329 e. The SMILES string of the molecule is Cc1ccc(N2CCC(CN)S2(=O)=O)c(C)c1. The standard InChI is InChI=1S/C12H18N2O2S/c1-9-3-4-12(10(2)7-9)14-6-5-11(8-13)17(14,15)16/h3-4,7,11H,5-6,8,13H2,1-2H3. The molecule has 0 saturated carbocycles. The fourth-order valence-electron chi connectivity index (χ4n) is 2.30. The van der Waals surface area contributed by atoms with Gasteiger partial charge in [0.25, 0.3) is 0 Å². The number of rotatable bonds is 2. The van der Waals surface area contributed by atoms with Crippen LogP contribution in [-0.4, -0.2) is 26.8 Å². The van der Waals surface area contributed by atoms with Crippen LogP contribution in [0.5, 0.6) is 0 Å². The first-order chi connectivity index (χ1) is 7.96. The van der Waals surface area contributed by atoms with Crippen molar-refractivity contribution in [2.24, 2.45) is 5.73 Å². The van der Waals surface area contributed by atoms with Gasteiger partial charge in [0.2, 0.25) is 10.0 Å². The molecular formula is C12H18N2O2S. The minimum absolute atomic E-state index is 0.198. The molecule has 0 amide bonds. The molecule has 1 aromatic carbocycles. The Balaban J connectivity index is 2.42. The van der Waals surface area contributed by atoms with Crippen LogP contribution in [0, 0.1) is 13.8 Å². The normalized spacial score (nSPS) is 23.0. The topological polar surface area (TPSA) is 63.4 Å². The minimum atomic E-state index is -3.26. The molecule has 5 heteroatoms. The lowest BCUT2D eigenvalue weighted by atomic mass is 10.1. The molecule has 0 aliphatic carbocycles. The van der Waals surface area contributed by atoms with Crippen LogP contribution in [0.4, 0.5) is 5.69 Å². The molecule has 0 radical (unpaired) electrons. The van der Waals surface area contributed by atoms with Gasteiger partial charge < -0.3 is 5.73 Å². The molecule has 1 aliphatic rings. The summed E-state index contributed by atoms with van der Waals surface area (Å²) < 4.78 is 25.9. The van der Waals surface area contributed by atoms with Crippen molar-refractivity contribution in [2.45, 2.75) is 25.5 Å². The summed E-state index contributed by atoms with van der Waals surface area (Å²) in [6, 6.07) is 5.81. The third-order valence-electron chi connectivity index (χ3n) is 3.27. The monoisotopic (exact) mass is 254 g/mol. The fraction of sp³-hybridized carbons (Fsp3) is 0.500. The third kappa shape index (κ3) is 2.05. The van der Waals surface area contributed by atoms with Crippen LogP contribution in [0.2, 0.25) is 0 Å². The highest BCUT2D eigenvalue weighted by atomic mass is 32.2. The van der Waals surface area contributed by atoms with Crippen molar-refractivity contribution in [3.63, 3.8) is 0 Å². The Labute approximate surface area is 102 Å². The van der Waals surface area contributed by atoms with Gasteiger partial charge >= 0.3 is 0 Å². The van der Waals surface area contributed by atoms with Crippen molar-refractivity contribution >= 4 is 15.7 Å². The van der Waals surface area contributed by atoms with Gasteiger partial charge in [-0.1, -0.05) is 17.7 Å². The van der Waals surface area contributed by atoms with Crippen molar-refractivity contribution in [3.05, 3.63) is 29.3 Å². The second-order valence-electron chi connectivity index (χ2n) is 4.55. The Morgan fingerprint density at radius 2 is 2.12 bits per heavy atom. The first-order valence-corrected chi connectivity index (χ1v) is 7.26. The van der Waals surface area contributed by atoms with Crippen molar-refractivity contribution in [1.29, 1.82) is 0 Å². The quantitative estimate of drug-likeness (QED) is 0.861. The van der Waals surface area contributed by atoms with E-state index in [0.29, 0.717) is 13.0 Å². The molecule has 1 aliphatic heterocycles. The van der Waals surface area contributed by atoms with Gasteiger partial charge in [0.1, 0.15) is 0 Å². The molecule has 2 N–H and O–H groups in total. The van der Waals surface area contributed by atoms with Crippen LogP contribution in [0.1, 0.15) is 17.5 Å².